The fourth-order valence-electron chi connectivity index (χ4n) is 2.10. The Kier molecular flexibility index (Phi) is 7.35. The lowest BCUT2D eigenvalue weighted by Crippen LogP contribution is -2.41. The Labute approximate surface area is 163 Å². The number of amides is 2. The van der Waals surface area contributed by atoms with Crippen LogP contribution >= 0.6 is 11.6 Å². The molecule has 0 saturated heterocycles. The fraction of sp³-hybridized carbons (Fsp3) is 0.222. The quantitative estimate of drug-likeness (QED) is 0.612. The van der Waals surface area contributed by atoms with Crippen molar-refractivity contribution in [1.29, 1.82) is 0 Å². The van der Waals surface area contributed by atoms with E-state index >= 15 is 0 Å². The molecule has 0 heterocycles. The molecule has 0 radical (unpaired) electrons. The van der Waals surface area contributed by atoms with Gasteiger partial charge in [-0.1, -0.05) is 47.5 Å². The standard InChI is InChI=1S/C18H20ClN3O4S/c1-13-6-8-15(9-7-13)27(25,26)22-12-18(24)21-11-17(23)20-10-14-4-2-3-5-16(14)19/h2-9,22H,10-12H2,1H3,(H,20,23)(H,21,24). The van der Waals surface area contributed by atoms with E-state index in [0.29, 0.717) is 5.02 Å². The van der Waals surface area contributed by atoms with Gasteiger partial charge in [0.05, 0.1) is 18.0 Å². The van der Waals surface area contributed by atoms with Gasteiger partial charge in [-0.25, -0.2) is 13.1 Å². The van der Waals surface area contributed by atoms with Crippen LogP contribution in [0.2, 0.25) is 5.02 Å². The molecule has 0 spiro atoms. The Hall–Kier alpha value is -2.42. The predicted molar refractivity (Wildman–Crippen MR) is 103 cm³/mol. The summed E-state index contributed by atoms with van der Waals surface area (Å²) in [7, 11) is -3.79. The summed E-state index contributed by atoms with van der Waals surface area (Å²) in [6.45, 7) is 1.34. The number of rotatable bonds is 8. The van der Waals surface area contributed by atoms with Gasteiger partial charge in [-0.05, 0) is 30.7 Å². The van der Waals surface area contributed by atoms with Gasteiger partial charge in [0.25, 0.3) is 0 Å². The van der Waals surface area contributed by atoms with Gasteiger partial charge < -0.3 is 10.6 Å². The average molecular weight is 410 g/mol. The summed E-state index contributed by atoms with van der Waals surface area (Å²) in [6, 6.07) is 13.3. The molecule has 2 aromatic rings. The molecule has 0 aliphatic carbocycles. The van der Waals surface area contributed by atoms with Crippen molar-refractivity contribution in [3.8, 4) is 0 Å². The van der Waals surface area contributed by atoms with Crippen LogP contribution in [0.25, 0.3) is 0 Å². The van der Waals surface area contributed by atoms with Crippen molar-refractivity contribution in [2.24, 2.45) is 0 Å². The summed E-state index contributed by atoms with van der Waals surface area (Å²) < 4.78 is 26.4. The first-order valence-electron chi connectivity index (χ1n) is 8.11. The van der Waals surface area contributed by atoms with Gasteiger partial charge in [0, 0.05) is 11.6 Å². The summed E-state index contributed by atoms with van der Waals surface area (Å²) in [5.74, 6) is -1.02. The Morgan fingerprint density at radius 3 is 2.22 bits per heavy atom. The first-order valence-corrected chi connectivity index (χ1v) is 9.97. The lowest BCUT2D eigenvalue weighted by Gasteiger charge is -2.09. The van der Waals surface area contributed by atoms with Gasteiger partial charge >= 0.3 is 0 Å². The van der Waals surface area contributed by atoms with E-state index in [-0.39, 0.29) is 18.0 Å². The topological polar surface area (TPSA) is 104 Å². The smallest absolute Gasteiger partial charge is 0.241 e. The molecule has 144 valence electrons. The third-order valence-electron chi connectivity index (χ3n) is 3.63. The van der Waals surface area contributed by atoms with E-state index in [4.69, 9.17) is 11.6 Å². The Balaban J connectivity index is 1.74. The van der Waals surface area contributed by atoms with Crippen LogP contribution in [0, 0.1) is 6.92 Å². The highest BCUT2D eigenvalue weighted by Gasteiger charge is 2.15. The minimum absolute atomic E-state index is 0.0679. The highest BCUT2D eigenvalue weighted by atomic mass is 35.5. The average Bonchev–Trinajstić information content (AvgIpc) is 2.64. The van der Waals surface area contributed by atoms with Crippen molar-refractivity contribution in [3.63, 3.8) is 0 Å². The van der Waals surface area contributed by atoms with Crippen molar-refractivity contribution in [1.82, 2.24) is 15.4 Å². The number of halogens is 1. The third kappa shape index (κ3) is 6.67. The Morgan fingerprint density at radius 1 is 0.926 bits per heavy atom. The maximum atomic E-state index is 12.1. The summed E-state index contributed by atoms with van der Waals surface area (Å²) in [4.78, 5) is 23.6. The Morgan fingerprint density at radius 2 is 1.56 bits per heavy atom. The molecule has 0 atom stereocenters. The molecule has 7 nitrogen and oxygen atoms in total. The van der Waals surface area contributed by atoms with E-state index in [1.807, 2.05) is 6.92 Å². The molecule has 27 heavy (non-hydrogen) atoms. The zero-order valence-electron chi connectivity index (χ0n) is 14.7. The highest BCUT2D eigenvalue weighted by molar-refractivity contribution is 7.89. The van der Waals surface area contributed by atoms with Gasteiger partial charge in [0.1, 0.15) is 0 Å². The van der Waals surface area contributed by atoms with E-state index in [2.05, 4.69) is 15.4 Å². The fourth-order valence-corrected chi connectivity index (χ4v) is 3.29. The molecule has 2 aromatic carbocycles. The molecular formula is C18H20ClN3O4S. The lowest BCUT2D eigenvalue weighted by molar-refractivity contribution is -0.125. The van der Waals surface area contributed by atoms with Crippen molar-refractivity contribution in [2.45, 2.75) is 18.4 Å². The number of nitrogens with one attached hydrogen (secondary N) is 3. The largest absolute Gasteiger partial charge is 0.350 e. The number of aryl methyl sites for hydroxylation is 1. The molecule has 0 aliphatic rings. The van der Waals surface area contributed by atoms with Gasteiger partial charge in [0.2, 0.25) is 21.8 Å². The molecule has 0 saturated carbocycles. The van der Waals surface area contributed by atoms with Crippen LogP contribution in [0.5, 0.6) is 0 Å². The molecule has 0 aromatic heterocycles. The maximum Gasteiger partial charge on any atom is 0.241 e. The molecular weight excluding hydrogens is 390 g/mol. The van der Waals surface area contributed by atoms with Crippen molar-refractivity contribution < 1.29 is 18.0 Å². The van der Waals surface area contributed by atoms with Crippen LogP contribution in [0.15, 0.2) is 53.4 Å². The van der Waals surface area contributed by atoms with E-state index in [0.717, 1.165) is 11.1 Å². The summed E-state index contributed by atoms with van der Waals surface area (Å²) in [6.07, 6.45) is 0. The van der Waals surface area contributed by atoms with Crippen LogP contribution < -0.4 is 15.4 Å². The van der Waals surface area contributed by atoms with Crippen LogP contribution in [-0.2, 0) is 26.2 Å². The van der Waals surface area contributed by atoms with Gasteiger partial charge in [-0.2, -0.15) is 0 Å². The second-order valence-corrected chi connectivity index (χ2v) is 7.96. The number of sulfonamides is 1. The number of carbonyl (C=O) groups is 2. The third-order valence-corrected chi connectivity index (χ3v) is 5.42. The lowest BCUT2D eigenvalue weighted by atomic mass is 10.2. The van der Waals surface area contributed by atoms with Gasteiger partial charge in [0.15, 0.2) is 0 Å². The van der Waals surface area contributed by atoms with Crippen LogP contribution in [0.4, 0.5) is 0 Å². The number of hydrogen-bond donors (Lipinski definition) is 3. The first-order chi connectivity index (χ1) is 12.8. The first kappa shape index (κ1) is 20.9. The molecule has 0 bridgehead atoms. The number of carbonyl (C=O) groups excluding carboxylic acids is 2. The molecule has 0 fully saturated rings. The number of benzene rings is 2. The van der Waals surface area contributed by atoms with E-state index in [1.165, 1.54) is 12.1 Å². The van der Waals surface area contributed by atoms with Crippen molar-refractivity contribution >= 4 is 33.4 Å². The van der Waals surface area contributed by atoms with Gasteiger partial charge in [-0.3, -0.25) is 9.59 Å². The van der Waals surface area contributed by atoms with Crippen LogP contribution in [-0.4, -0.2) is 33.3 Å². The molecule has 2 amide bonds. The van der Waals surface area contributed by atoms with E-state index in [1.54, 1.807) is 36.4 Å². The summed E-state index contributed by atoms with van der Waals surface area (Å²) in [5, 5.41) is 5.51. The van der Waals surface area contributed by atoms with Gasteiger partial charge in [-0.15, -0.1) is 0 Å². The van der Waals surface area contributed by atoms with Crippen LogP contribution in [0.3, 0.4) is 0 Å². The Bertz CT molecular complexity index is 914. The summed E-state index contributed by atoms with van der Waals surface area (Å²) in [5.41, 5.74) is 1.68. The minimum atomic E-state index is -3.79. The predicted octanol–water partition coefficient (Wildman–Crippen LogP) is 1.36. The second-order valence-electron chi connectivity index (χ2n) is 5.78. The number of hydrogen-bond acceptors (Lipinski definition) is 4. The van der Waals surface area contributed by atoms with Crippen LogP contribution in [0.1, 0.15) is 11.1 Å². The second kappa shape index (κ2) is 9.50. The molecule has 0 unspecified atom stereocenters. The normalized spacial score (nSPS) is 11.0. The zero-order chi connectivity index (χ0) is 19.9. The van der Waals surface area contributed by atoms with E-state index in [9.17, 15) is 18.0 Å². The molecule has 3 N–H and O–H groups in total. The minimum Gasteiger partial charge on any atom is -0.350 e. The zero-order valence-corrected chi connectivity index (χ0v) is 16.2. The summed E-state index contributed by atoms with van der Waals surface area (Å²) >= 11 is 5.99. The van der Waals surface area contributed by atoms with Crippen molar-refractivity contribution in [3.05, 3.63) is 64.7 Å². The highest BCUT2D eigenvalue weighted by Crippen LogP contribution is 2.14. The SMILES string of the molecule is Cc1ccc(S(=O)(=O)NCC(=O)NCC(=O)NCc2ccccc2Cl)cc1. The monoisotopic (exact) mass is 409 g/mol. The van der Waals surface area contributed by atoms with Crippen molar-refractivity contribution in [2.75, 3.05) is 13.1 Å². The molecule has 9 heteroatoms. The van der Waals surface area contributed by atoms with E-state index < -0.39 is 28.4 Å². The molecule has 2 rings (SSSR count). The maximum absolute atomic E-state index is 12.1. The molecule has 0 aliphatic heterocycles.